The van der Waals surface area contributed by atoms with Crippen molar-refractivity contribution < 1.29 is 38.0 Å². The maximum absolute atomic E-state index is 13.4. The zero-order chi connectivity index (χ0) is 25.3. The van der Waals surface area contributed by atoms with E-state index in [0.717, 1.165) is 5.56 Å². The summed E-state index contributed by atoms with van der Waals surface area (Å²) in [7, 11) is 0. The molecule has 2 fully saturated rings. The average molecular weight is 522 g/mol. The zero-order valence-corrected chi connectivity index (χ0v) is 21.5. The molecule has 9 nitrogen and oxygen atoms in total. The van der Waals surface area contributed by atoms with E-state index in [1.165, 1.54) is 29.6 Å². The first-order valence-corrected chi connectivity index (χ1v) is 12.9. The molecule has 0 aromatic carbocycles. The van der Waals surface area contributed by atoms with Gasteiger partial charge in [-0.05, 0) is 43.2 Å². The molecular weight excluding hydrogens is 494 g/mol. The SMILES string of the molecule is C#C[C@@]1(OC(C)=O)[C@@H](COC(Cc2ccsc2)(C(=O)OCC)c2cscn2)O[C@@H]2OC(C)(C)O[C@@H]21. The Bertz CT molecular complexity index is 1080. The van der Waals surface area contributed by atoms with Crippen LogP contribution in [0.15, 0.2) is 27.7 Å². The Morgan fingerprint density at radius 3 is 2.69 bits per heavy atom. The Balaban J connectivity index is 1.69. The lowest BCUT2D eigenvalue weighted by Gasteiger charge is -2.36. The molecule has 2 aliphatic heterocycles. The maximum atomic E-state index is 13.4. The number of rotatable bonds is 9. The van der Waals surface area contributed by atoms with E-state index in [-0.39, 0.29) is 19.6 Å². The van der Waals surface area contributed by atoms with Gasteiger partial charge in [0.15, 0.2) is 18.2 Å². The normalized spacial score (nSPS) is 28.6. The lowest BCUT2D eigenvalue weighted by molar-refractivity contribution is -0.239. The minimum Gasteiger partial charge on any atom is -0.464 e. The Hall–Kier alpha value is -2.33. The van der Waals surface area contributed by atoms with Crippen molar-refractivity contribution in [3.63, 3.8) is 0 Å². The number of terminal acetylenes is 1. The van der Waals surface area contributed by atoms with Crippen LogP contribution in [0.25, 0.3) is 0 Å². The van der Waals surface area contributed by atoms with E-state index in [2.05, 4.69) is 10.9 Å². The summed E-state index contributed by atoms with van der Waals surface area (Å²) >= 11 is 2.83. The van der Waals surface area contributed by atoms with Gasteiger partial charge in [0.1, 0.15) is 6.10 Å². The Labute approximate surface area is 211 Å². The summed E-state index contributed by atoms with van der Waals surface area (Å²) in [6, 6.07) is 1.90. The summed E-state index contributed by atoms with van der Waals surface area (Å²) in [5, 5.41) is 5.57. The van der Waals surface area contributed by atoms with Crippen LogP contribution in [0, 0.1) is 12.3 Å². The lowest BCUT2D eigenvalue weighted by Crippen LogP contribution is -2.54. The molecule has 0 saturated carbocycles. The van der Waals surface area contributed by atoms with Crippen LogP contribution in [0.5, 0.6) is 0 Å². The quantitative estimate of drug-likeness (QED) is 0.364. The van der Waals surface area contributed by atoms with E-state index in [9.17, 15) is 9.59 Å². The minimum atomic E-state index is -1.63. The predicted octanol–water partition coefficient (Wildman–Crippen LogP) is 3.03. The Morgan fingerprint density at radius 2 is 2.09 bits per heavy atom. The monoisotopic (exact) mass is 521 g/mol. The van der Waals surface area contributed by atoms with Crippen molar-refractivity contribution in [2.75, 3.05) is 13.2 Å². The number of thiazole rings is 1. The Kier molecular flexibility index (Phi) is 7.33. The van der Waals surface area contributed by atoms with Crippen molar-refractivity contribution in [2.45, 2.75) is 69.6 Å². The van der Waals surface area contributed by atoms with E-state index in [4.69, 9.17) is 34.8 Å². The first kappa shape index (κ1) is 25.8. The molecule has 0 N–H and O–H groups in total. The standard InChI is InChI=1S/C24H27NO8S2/c1-6-23(31-15(3)26)18(30-20-19(23)32-22(4,5)33-20)11-29-24(21(27)28-7-2,17-13-35-14-25-17)10-16-8-9-34-12-16/h1,8-9,12-14,18-20H,7,10-11H2,2-5H3/t18-,19+,20-,23-,24?/m1/s1. The second-order valence-corrected chi connectivity index (χ2v) is 10.1. The molecule has 0 bridgehead atoms. The van der Waals surface area contributed by atoms with E-state index < -0.39 is 47.4 Å². The number of hydrogen-bond donors (Lipinski definition) is 0. The molecule has 35 heavy (non-hydrogen) atoms. The van der Waals surface area contributed by atoms with Crippen LogP contribution in [-0.4, -0.2) is 60.0 Å². The fraction of sp³-hybridized carbons (Fsp3) is 0.542. The highest BCUT2D eigenvalue weighted by atomic mass is 32.1. The summed E-state index contributed by atoms with van der Waals surface area (Å²) in [4.78, 5) is 29.8. The lowest BCUT2D eigenvalue weighted by atomic mass is 9.90. The van der Waals surface area contributed by atoms with Gasteiger partial charge < -0.3 is 28.4 Å². The largest absolute Gasteiger partial charge is 0.464 e. The highest BCUT2D eigenvalue weighted by Gasteiger charge is 2.66. The van der Waals surface area contributed by atoms with Crippen LogP contribution in [-0.2, 0) is 50.0 Å². The van der Waals surface area contributed by atoms with Gasteiger partial charge in [-0.2, -0.15) is 11.3 Å². The van der Waals surface area contributed by atoms with Crippen LogP contribution < -0.4 is 0 Å². The van der Waals surface area contributed by atoms with Crippen molar-refractivity contribution >= 4 is 34.6 Å². The molecule has 0 amide bonds. The summed E-state index contributed by atoms with van der Waals surface area (Å²) in [6.07, 6.45) is 3.32. The molecule has 188 valence electrons. The van der Waals surface area contributed by atoms with Crippen molar-refractivity contribution in [3.8, 4) is 12.3 Å². The molecule has 2 aromatic rings. The molecule has 11 heteroatoms. The minimum absolute atomic E-state index is 0.153. The van der Waals surface area contributed by atoms with Gasteiger partial charge in [-0.15, -0.1) is 17.8 Å². The molecule has 2 aliphatic rings. The highest BCUT2D eigenvalue weighted by Crippen LogP contribution is 2.46. The van der Waals surface area contributed by atoms with Crippen LogP contribution in [0.4, 0.5) is 0 Å². The van der Waals surface area contributed by atoms with E-state index >= 15 is 0 Å². The van der Waals surface area contributed by atoms with Gasteiger partial charge in [-0.25, -0.2) is 9.78 Å². The molecule has 0 aliphatic carbocycles. The van der Waals surface area contributed by atoms with Gasteiger partial charge in [-0.1, -0.05) is 5.92 Å². The highest BCUT2D eigenvalue weighted by molar-refractivity contribution is 7.08. The molecule has 2 aromatic heterocycles. The summed E-state index contributed by atoms with van der Waals surface area (Å²) in [5.41, 5.74) is -0.315. The molecule has 0 radical (unpaired) electrons. The number of ether oxygens (including phenoxy) is 6. The van der Waals surface area contributed by atoms with Gasteiger partial charge in [-0.3, -0.25) is 4.79 Å². The summed E-state index contributed by atoms with van der Waals surface area (Å²) < 4.78 is 35.3. The molecule has 2 saturated heterocycles. The zero-order valence-electron chi connectivity index (χ0n) is 19.8. The second kappa shape index (κ2) is 9.97. The second-order valence-electron chi connectivity index (χ2n) is 8.62. The van der Waals surface area contributed by atoms with Crippen molar-refractivity contribution in [1.29, 1.82) is 0 Å². The third-order valence-corrected chi connectivity index (χ3v) is 7.08. The summed E-state index contributed by atoms with van der Waals surface area (Å²) in [6.45, 7) is 6.32. The van der Waals surface area contributed by atoms with Crippen molar-refractivity contribution in [2.24, 2.45) is 0 Å². The van der Waals surface area contributed by atoms with Gasteiger partial charge in [0.2, 0.25) is 11.2 Å². The number of fused-ring (bicyclic) bond motifs is 1. The van der Waals surface area contributed by atoms with Gasteiger partial charge >= 0.3 is 11.9 Å². The van der Waals surface area contributed by atoms with Crippen LogP contribution in [0.3, 0.4) is 0 Å². The third kappa shape index (κ3) is 4.87. The first-order chi connectivity index (χ1) is 16.7. The van der Waals surface area contributed by atoms with Crippen LogP contribution in [0.2, 0.25) is 0 Å². The van der Waals surface area contributed by atoms with E-state index in [1.54, 1.807) is 31.7 Å². The van der Waals surface area contributed by atoms with Crippen LogP contribution >= 0.6 is 22.7 Å². The maximum Gasteiger partial charge on any atom is 0.345 e. The molecule has 5 atom stereocenters. The van der Waals surface area contributed by atoms with Crippen molar-refractivity contribution in [3.05, 3.63) is 39.0 Å². The molecule has 0 spiro atoms. The predicted molar refractivity (Wildman–Crippen MR) is 126 cm³/mol. The number of hydrogen-bond acceptors (Lipinski definition) is 11. The molecule has 1 unspecified atom stereocenters. The molecule has 4 heterocycles. The summed E-state index contributed by atoms with van der Waals surface area (Å²) in [5.74, 6) is 0.364. The number of aromatic nitrogens is 1. The average Bonchev–Trinajstić information content (AvgIpc) is 3.58. The van der Waals surface area contributed by atoms with Crippen LogP contribution in [0.1, 0.15) is 39.0 Å². The smallest absolute Gasteiger partial charge is 0.345 e. The van der Waals surface area contributed by atoms with Crippen molar-refractivity contribution in [1.82, 2.24) is 4.98 Å². The fourth-order valence-corrected chi connectivity index (χ4v) is 5.59. The number of thiophene rings is 1. The number of esters is 2. The molecule has 4 rings (SSSR count). The molecular formula is C24H27NO8S2. The number of nitrogens with zero attached hydrogens (tertiary/aromatic N) is 1. The topological polar surface area (TPSA) is 102 Å². The Morgan fingerprint density at radius 1 is 1.29 bits per heavy atom. The third-order valence-electron chi connectivity index (χ3n) is 5.76. The van der Waals surface area contributed by atoms with Gasteiger partial charge in [0.05, 0.1) is 24.4 Å². The van der Waals surface area contributed by atoms with E-state index in [0.29, 0.717) is 5.69 Å². The van der Waals surface area contributed by atoms with Gasteiger partial charge in [0.25, 0.3) is 0 Å². The van der Waals surface area contributed by atoms with E-state index in [1.807, 2.05) is 16.8 Å². The first-order valence-electron chi connectivity index (χ1n) is 11.0. The number of carbonyl (C=O) groups is 2. The fourth-order valence-electron chi connectivity index (χ4n) is 4.30. The van der Waals surface area contributed by atoms with Gasteiger partial charge in [0, 0.05) is 18.7 Å². The number of carbonyl (C=O) groups excluding carboxylic acids is 2.